The molecule has 0 saturated carbocycles. The van der Waals surface area contributed by atoms with E-state index >= 15 is 0 Å². The molecule has 2 rings (SSSR count). The van der Waals surface area contributed by atoms with Crippen LogP contribution in [-0.4, -0.2) is 13.0 Å². The second-order valence-electron chi connectivity index (χ2n) is 9.32. The van der Waals surface area contributed by atoms with Gasteiger partial charge in [0.05, 0.1) is 4.90 Å². The summed E-state index contributed by atoms with van der Waals surface area (Å²) in [6.07, 6.45) is 19.0. The zero-order valence-electron chi connectivity index (χ0n) is 20.4. The third-order valence-electron chi connectivity index (χ3n) is 6.53. The summed E-state index contributed by atoms with van der Waals surface area (Å²) in [6, 6.07) is 9.84. The third kappa shape index (κ3) is 9.23. The maximum atomic E-state index is 12.1. The molecule has 2 aromatic carbocycles. The van der Waals surface area contributed by atoms with Gasteiger partial charge in [-0.05, 0) is 59.7 Å². The molecule has 0 aliphatic carbocycles. The summed E-state index contributed by atoms with van der Waals surface area (Å²) in [7, 11) is -4.22. The predicted molar refractivity (Wildman–Crippen MR) is 137 cm³/mol. The Kier molecular flexibility index (Phi) is 12.3. The van der Waals surface area contributed by atoms with E-state index in [0.29, 0.717) is 6.42 Å². The molecule has 0 bridgehead atoms. The number of fused-ring (bicyclic) bond motifs is 1. The lowest BCUT2D eigenvalue weighted by atomic mass is 9.96. The summed E-state index contributed by atoms with van der Waals surface area (Å²) in [5, 5.41) is 2.05. The van der Waals surface area contributed by atoms with Gasteiger partial charge in [-0.15, -0.1) is 0 Å². The van der Waals surface area contributed by atoms with Gasteiger partial charge in [0.15, 0.2) is 0 Å². The van der Waals surface area contributed by atoms with Crippen molar-refractivity contribution in [3.05, 3.63) is 41.5 Å². The highest BCUT2D eigenvalue weighted by Crippen LogP contribution is 2.29. The Labute approximate surface area is 196 Å². The molecule has 0 heterocycles. The zero-order chi connectivity index (χ0) is 23.2. The summed E-state index contributed by atoms with van der Waals surface area (Å²) >= 11 is 0. The largest absolute Gasteiger partial charge is 0.294 e. The molecule has 1 N–H and O–H groups in total. The average Bonchev–Trinajstić information content (AvgIpc) is 2.77. The molecule has 3 nitrogen and oxygen atoms in total. The molecular weight excluding hydrogens is 416 g/mol. The fraction of sp³-hybridized carbons (Fsp3) is 0.643. The molecule has 0 saturated heterocycles. The van der Waals surface area contributed by atoms with Crippen molar-refractivity contribution < 1.29 is 13.0 Å². The van der Waals surface area contributed by atoms with Gasteiger partial charge in [-0.2, -0.15) is 8.42 Å². The van der Waals surface area contributed by atoms with E-state index in [9.17, 15) is 13.0 Å². The van der Waals surface area contributed by atoms with Crippen LogP contribution in [0.5, 0.6) is 0 Å². The van der Waals surface area contributed by atoms with Crippen molar-refractivity contribution in [2.45, 2.75) is 121 Å². The molecule has 4 heteroatoms. The van der Waals surface area contributed by atoms with Gasteiger partial charge < -0.3 is 0 Å². The SMILES string of the molecule is CCCCCCCCCc1cc2c(CCCCCCCCC)cccc2cc1S(=O)(=O)O. The fourth-order valence-corrected chi connectivity index (χ4v) is 5.38. The second kappa shape index (κ2) is 14.7. The molecule has 0 fully saturated rings. The van der Waals surface area contributed by atoms with Crippen LogP contribution in [0.4, 0.5) is 0 Å². The van der Waals surface area contributed by atoms with Crippen molar-refractivity contribution >= 4 is 20.9 Å². The van der Waals surface area contributed by atoms with Crippen molar-refractivity contribution in [3.8, 4) is 0 Å². The molecule has 0 amide bonds. The van der Waals surface area contributed by atoms with Crippen molar-refractivity contribution in [2.75, 3.05) is 0 Å². The van der Waals surface area contributed by atoms with Crippen LogP contribution in [-0.2, 0) is 23.0 Å². The Morgan fingerprint density at radius 1 is 0.656 bits per heavy atom. The Morgan fingerprint density at radius 2 is 1.16 bits per heavy atom. The first-order valence-corrected chi connectivity index (χ1v) is 14.4. The molecule has 180 valence electrons. The summed E-state index contributed by atoms with van der Waals surface area (Å²) in [6.45, 7) is 4.47. The number of unbranched alkanes of at least 4 members (excludes halogenated alkanes) is 12. The first kappa shape index (κ1) is 26.9. The quantitative estimate of drug-likeness (QED) is 0.190. The molecule has 2 aromatic rings. The first-order valence-electron chi connectivity index (χ1n) is 13.0. The summed E-state index contributed by atoms with van der Waals surface area (Å²) in [4.78, 5) is 0.0871. The molecule has 0 aliphatic heterocycles. The van der Waals surface area contributed by atoms with Gasteiger partial charge in [0.1, 0.15) is 0 Å². The Bertz CT molecular complexity index is 902. The van der Waals surface area contributed by atoms with Crippen molar-refractivity contribution in [2.24, 2.45) is 0 Å². The van der Waals surface area contributed by atoms with E-state index in [4.69, 9.17) is 0 Å². The van der Waals surface area contributed by atoms with E-state index in [1.165, 1.54) is 82.6 Å². The van der Waals surface area contributed by atoms with Gasteiger partial charge in [0, 0.05) is 0 Å². The number of hydrogen-bond acceptors (Lipinski definition) is 2. The molecule has 0 aromatic heterocycles. The van der Waals surface area contributed by atoms with Gasteiger partial charge in [-0.1, -0.05) is 109 Å². The lowest BCUT2D eigenvalue weighted by molar-refractivity contribution is 0.481. The van der Waals surface area contributed by atoms with Crippen LogP contribution in [0, 0.1) is 0 Å². The van der Waals surface area contributed by atoms with E-state index in [2.05, 4.69) is 19.9 Å². The van der Waals surface area contributed by atoms with Crippen LogP contribution in [0.1, 0.15) is 115 Å². The summed E-state index contributed by atoms with van der Waals surface area (Å²) in [5.41, 5.74) is 2.05. The predicted octanol–water partition coefficient (Wildman–Crippen LogP) is 8.67. The van der Waals surface area contributed by atoms with Crippen LogP contribution in [0.15, 0.2) is 35.2 Å². The van der Waals surface area contributed by atoms with Crippen LogP contribution >= 0.6 is 0 Å². The average molecular weight is 461 g/mol. The van der Waals surface area contributed by atoms with Gasteiger partial charge in [0.2, 0.25) is 0 Å². The Balaban J connectivity index is 2.06. The van der Waals surface area contributed by atoms with Gasteiger partial charge >= 0.3 is 0 Å². The minimum absolute atomic E-state index is 0.0871. The van der Waals surface area contributed by atoms with E-state index in [0.717, 1.165) is 35.6 Å². The van der Waals surface area contributed by atoms with Crippen molar-refractivity contribution in [1.82, 2.24) is 0 Å². The van der Waals surface area contributed by atoms with E-state index < -0.39 is 10.1 Å². The molecular formula is C28H44O3S. The Hall–Kier alpha value is -1.39. The lowest BCUT2D eigenvalue weighted by Crippen LogP contribution is -2.04. The molecule has 0 spiro atoms. The maximum Gasteiger partial charge on any atom is 0.294 e. The van der Waals surface area contributed by atoms with Crippen molar-refractivity contribution in [1.29, 1.82) is 0 Å². The van der Waals surface area contributed by atoms with E-state index in [1.54, 1.807) is 6.07 Å². The smallest absolute Gasteiger partial charge is 0.282 e. The maximum absolute atomic E-state index is 12.1. The molecule has 0 unspecified atom stereocenters. The van der Waals surface area contributed by atoms with Gasteiger partial charge in [-0.25, -0.2) is 0 Å². The molecule has 0 radical (unpaired) electrons. The number of rotatable bonds is 17. The van der Waals surface area contributed by atoms with Crippen LogP contribution in [0.3, 0.4) is 0 Å². The highest BCUT2D eigenvalue weighted by Gasteiger charge is 2.17. The summed E-state index contributed by atoms with van der Waals surface area (Å²) < 4.78 is 34.0. The van der Waals surface area contributed by atoms with Crippen molar-refractivity contribution in [3.63, 3.8) is 0 Å². The fourth-order valence-electron chi connectivity index (χ4n) is 4.61. The normalized spacial score (nSPS) is 12.0. The van der Waals surface area contributed by atoms with Gasteiger partial charge in [0.25, 0.3) is 10.1 Å². The molecule has 0 atom stereocenters. The second-order valence-corrected chi connectivity index (χ2v) is 10.7. The highest BCUT2D eigenvalue weighted by molar-refractivity contribution is 7.85. The first-order chi connectivity index (χ1) is 15.5. The third-order valence-corrected chi connectivity index (χ3v) is 7.46. The Morgan fingerprint density at radius 3 is 1.69 bits per heavy atom. The minimum Gasteiger partial charge on any atom is -0.282 e. The molecule has 32 heavy (non-hydrogen) atoms. The van der Waals surface area contributed by atoms with Crippen LogP contribution in [0.25, 0.3) is 10.8 Å². The highest BCUT2D eigenvalue weighted by atomic mass is 32.2. The van der Waals surface area contributed by atoms with Crippen LogP contribution < -0.4 is 0 Å². The number of hydrogen-bond donors (Lipinski definition) is 1. The van der Waals surface area contributed by atoms with Gasteiger partial charge in [-0.3, -0.25) is 4.55 Å². The van der Waals surface area contributed by atoms with Crippen LogP contribution in [0.2, 0.25) is 0 Å². The number of benzene rings is 2. The van der Waals surface area contributed by atoms with E-state index in [1.807, 2.05) is 18.2 Å². The minimum atomic E-state index is -4.22. The number of aryl methyl sites for hydroxylation is 2. The lowest BCUT2D eigenvalue weighted by Gasteiger charge is -2.13. The van der Waals surface area contributed by atoms with E-state index in [-0.39, 0.29) is 4.90 Å². The molecule has 0 aliphatic rings. The monoisotopic (exact) mass is 460 g/mol. The standard InChI is InChI=1S/C28H44O3S/c1-3-5-7-9-11-13-15-18-24-20-17-21-25-23-28(32(29,30)31)26(22-27(24)25)19-16-14-12-10-8-6-4-2/h17,20-23H,3-16,18-19H2,1-2H3,(H,29,30,31). The zero-order valence-corrected chi connectivity index (χ0v) is 21.2. The summed E-state index contributed by atoms with van der Waals surface area (Å²) in [5.74, 6) is 0. The topological polar surface area (TPSA) is 54.4 Å².